The summed E-state index contributed by atoms with van der Waals surface area (Å²) in [6.45, 7) is 3.54. The highest BCUT2D eigenvalue weighted by Gasteiger charge is 1.94. The van der Waals surface area contributed by atoms with Gasteiger partial charge in [0.15, 0.2) is 0 Å². The zero-order chi connectivity index (χ0) is 8.27. The van der Waals surface area contributed by atoms with E-state index in [1.807, 2.05) is 6.07 Å². The highest BCUT2D eigenvalue weighted by atomic mass is 19.1. The molecule has 2 N–H and O–H groups in total. The van der Waals surface area contributed by atoms with Crippen LogP contribution in [0.2, 0.25) is 0 Å². The number of allylic oxidation sites excluding steroid dienone is 1. The van der Waals surface area contributed by atoms with Crippen molar-refractivity contribution in [2.75, 3.05) is 0 Å². The van der Waals surface area contributed by atoms with Gasteiger partial charge in [-0.15, -0.1) is 0 Å². The minimum absolute atomic E-state index is 0.233. The first kappa shape index (κ1) is 7.79. The van der Waals surface area contributed by atoms with Gasteiger partial charge in [-0.2, -0.15) is 0 Å². The Morgan fingerprint density at radius 2 is 2.27 bits per heavy atom. The fourth-order valence-electron chi connectivity index (χ4n) is 0.909. The quantitative estimate of drug-likeness (QED) is 0.685. The third-order valence-electron chi connectivity index (χ3n) is 1.32. The Bertz CT molecular complexity index is 268. The van der Waals surface area contributed by atoms with E-state index in [4.69, 9.17) is 5.73 Å². The molecule has 1 nitrogen and oxygen atoms in total. The highest BCUT2D eigenvalue weighted by molar-refractivity contribution is 5.20. The van der Waals surface area contributed by atoms with Crippen LogP contribution in [-0.2, 0) is 6.42 Å². The standard InChI is InChI=1S/C9H10FN/c1-7(11)5-8-3-2-4-9(10)6-8/h2-4,6H,1,5,11H2. The molecule has 0 fully saturated rings. The topological polar surface area (TPSA) is 26.0 Å². The van der Waals surface area contributed by atoms with Crippen molar-refractivity contribution in [1.29, 1.82) is 0 Å². The molecular weight excluding hydrogens is 141 g/mol. The van der Waals surface area contributed by atoms with Gasteiger partial charge < -0.3 is 5.73 Å². The molecule has 0 saturated carbocycles. The molecule has 0 atom stereocenters. The number of hydrogen-bond donors (Lipinski definition) is 1. The molecule has 0 radical (unpaired) electrons. The van der Waals surface area contributed by atoms with Gasteiger partial charge in [-0.05, 0) is 17.7 Å². The van der Waals surface area contributed by atoms with Crippen molar-refractivity contribution in [3.8, 4) is 0 Å². The minimum atomic E-state index is -0.233. The molecule has 0 bridgehead atoms. The second kappa shape index (κ2) is 3.19. The van der Waals surface area contributed by atoms with E-state index in [2.05, 4.69) is 6.58 Å². The van der Waals surface area contributed by atoms with Crippen molar-refractivity contribution in [1.82, 2.24) is 0 Å². The number of rotatable bonds is 2. The van der Waals surface area contributed by atoms with Crippen LogP contribution >= 0.6 is 0 Å². The van der Waals surface area contributed by atoms with E-state index in [0.29, 0.717) is 12.1 Å². The predicted molar refractivity (Wildman–Crippen MR) is 43.4 cm³/mol. The maximum Gasteiger partial charge on any atom is 0.123 e. The molecule has 1 aromatic rings. The molecule has 0 aliphatic rings. The largest absolute Gasteiger partial charge is 0.402 e. The minimum Gasteiger partial charge on any atom is -0.402 e. The van der Waals surface area contributed by atoms with Gasteiger partial charge in [-0.1, -0.05) is 18.7 Å². The van der Waals surface area contributed by atoms with E-state index in [0.717, 1.165) is 5.56 Å². The first-order chi connectivity index (χ1) is 5.18. The SMILES string of the molecule is C=C(N)Cc1cccc(F)c1. The Morgan fingerprint density at radius 1 is 1.55 bits per heavy atom. The van der Waals surface area contributed by atoms with E-state index >= 15 is 0 Å². The maximum absolute atomic E-state index is 12.5. The fourth-order valence-corrected chi connectivity index (χ4v) is 0.909. The third kappa shape index (κ3) is 2.42. The van der Waals surface area contributed by atoms with Crippen molar-refractivity contribution >= 4 is 0 Å². The number of hydrogen-bond acceptors (Lipinski definition) is 1. The fraction of sp³-hybridized carbons (Fsp3) is 0.111. The summed E-state index contributed by atoms with van der Waals surface area (Å²) in [6.07, 6.45) is 0.539. The molecular formula is C9H10FN. The van der Waals surface area contributed by atoms with Crippen LogP contribution < -0.4 is 5.73 Å². The predicted octanol–water partition coefficient (Wildman–Crippen LogP) is 1.84. The Kier molecular flexibility index (Phi) is 2.26. The molecule has 0 aliphatic carbocycles. The second-order valence-electron chi connectivity index (χ2n) is 2.46. The van der Waals surface area contributed by atoms with E-state index < -0.39 is 0 Å². The number of benzene rings is 1. The summed E-state index contributed by atoms with van der Waals surface area (Å²) in [7, 11) is 0. The van der Waals surface area contributed by atoms with Gasteiger partial charge >= 0.3 is 0 Å². The zero-order valence-electron chi connectivity index (χ0n) is 6.18. The lowest BCUT2D eigenvalue weighted by Gasteiger charge is -1.98. The molecule has 0 aliphatic heterocycles. The lowest BCUT2D eigenvalue weighted by atomic mass is 10.1. The molecule has 0 spiro atoms. The smallest absolute Gasteiger partial charge is 0.123 e. The Balaban J connectivity index is 2.79. The summed E-state index contributed by atoms with van der Waals surface area (Å²) in [5.74, 6) is -0.233. The monoisotopic (exact) mass is 151 g/mol. The molecule has 58 valence electrons. The second-order valence-corrected chi connectivity index (χ2v) is 2.46. The lowest BCUT2D eigenvalue weighted by Crippen LogP contribution is -1.98. The van der Waals surface area contributed by atoms with Crippen LogP contribution in [0.4, 0.5) is 4.39 Å². The summed E-state index contributed by atoms with van der Waals surface area (Å²) in [4.78, 5) is 0. The van der Waals surface area contributed by atoms with E-state index in [-0.39, 0.29) is 5.82 Å². The molecule has 11 heavy (non-hydrogen) atoms. The van der Waals surface area contributed by atoms with Crippen LogP contribution in [0.3, 0.4) is 0 Å². The van der Waals surface area contributed by atoms with Gasteiger partial charge in [-0.25, -0.2) is 4.39 Å². The van der Waals surface area contributed by atoms with Gasteiger partial charge in [0.1, 0.15) is 5.82 Å². The van der Waals surface area contributed by atoms with Crippen LogP contribution in [0.1, 0.15) is 5.56 Å². The van der Waals surface area contributed by atoms with Gasteiger partial charge in [0.25, 0.3) is 0 Å². The van der Waals surface area contributed by atoms with E-state index in [9.17, 15) is 4.39 Å². The van der Waals surface area contributed by atoms with Crippen molar-refractivity contribution in [2.24, 2.45) is 5.73 Å². The van der Waals surface area contributed by atoms with Crippen molar-refractivity contribution < 1.29 is 4.39 Å². The van der Waals surface area contributed by atoms with E-state index in [1.54, 1.807) is 6.07 Å². The van der Waals surface area contributed by atoms with Crippen LogP contribution in [0.5, 0.6) is 0 Å². The molecule has 1 aromatic carbocycles. The van der Waals surface area contributed by atoms with Crippen molar-refractivity contribution in [3.63, 3.8) is 0 Å². The third-order valence-corrected chi connectivity index (χ3v) is 1.32. The molecule has 0 unspecified atom stereocenters. The van der Waals surface area contributed by atoms with Crippen molar-refractivity contribution in [3.05, 3.63) is 47.9 Å². The van der Waals surface area contributed by atoms with E-state index in [1.165, 1.54) is 12.1 Å². The molecule has 0 saturated heterocycles. The van der Waals surface area contributed by atoms with Gasteiger partial charge in [0, 0.05) is 12.1 Å². The van der Waals surface area contributed by atoms with Crippen molar-refractivity contribution in [2.45, 2.75) is 6.42 Å². The molecule has 0 amide bonds. The van der Waals surface area contributed by atoms with Crippen LogP contribution in [0.25, 0.3) is 0 Å². The molecule has 1 rings (SSSR count). The van der Waals surface area contributed by atoms with Crippen LogP contribution in [0.15, 0.2) is 36.5 Å². The molecule has 0 aromatic heterocycles. The first-order valence-electron chi connectivity index (χ1n) is 3.36. The maximum atomic E-state index is 12.5. The van der Waals surface area contributed by atoms with Crippen LogP contribution in [0, 0.1) is 5.82 Å². The normalized spacial score (nSPS) is 9.55. The first-order valence-corrected chi connectivity index (χ1v) is 3.36. The summed E-state index contributed by atoms with van der Waals surface area (Å²) in [6, 6.07) is 6.34. The number of halogens is 1. The average molecular weight is 151 g/mol. The Hall–Kier alpha value is -1.31. The summed E-state index contributed by atoms with van der Waals surface area (Å²) in [5.41, 5.74) is 6.77. The summed E-state index contributed by atoms with van der Waals surface area (Å²) < 4.78 is 12.5. The van der Waals surface area contributed by atoms with Gasteiger partial charge in [0.2, 0.25) is 0 Å². The lowest BCUT2D eigenvalue weighted by molar-refractivity contribution is 0.626. The Morgan fingerprint density at radius 3 is 2.82 bits per heavy atom. The Labute approximate surface area is 65.3 Å². The summed E-state index contributed by atoms with van der Waals surface area (Å²) >= 11 is 0. The number of nitrogens with two attached hydrogens (primary N) is 1. The van der Waals surface area contributed by atoms with Gasteiger partial charge in [-0.3, -0.25) is 0 Å². The zero-order valence-corrected chi connectivity index (χ0v) is 6.18. The average Bonchev–Trinajstić information content (AvgIpc) is 1.85. The van der Waals surface area contributed by atoms with Gasteiger partial charge in [0.05, 0.1) is 0 Å². The van der Waals surface area contributed by atoms with Crippen LogP contribution in [-0.4, -0.2) is 0 Å². The highest BCUT2D eigenvalue weighted by Crippen LogP contribution is 2.05. The molecule has 0 heterocycles. The summed E-state index contributed by atoms with van der Waals surface area (Å²) in [5, 5.41) is 0. The molecule has 2 heteroatoms.